The molecule has 13 heteroatoms. The fourth-order valence-corrected chi connectivity index (χ4v) is 2.42. The van der Waals surface area contributed by atoms with Gasteiger partial charge in [-0.2, -0.15) is 0 Å². The second kappa shape index (κ2) is 15.5. The molecular formula is C17H33N9O4. The lowest BCUT2D eigenvalue weighted by Gasteiger charge is -2.18. The quantitative estimate of drug-likeness (QED) is 0.0606. The highest BCUT2D eigenvalue weighted by molar-refractivity contribution is 5.90. The molecule has 0 aliphatic rings. The van der Waals surface area contributed by atoms with E-state index in [1.807, 2.05) is 0 Å². The van der Waals surface area contributed by atoms with Crippen molar-refractivity contribution >= 4 is 35.9 Å². The van der Waals surface area contributed by atoms with Gasteiger partial charge in [-0.15, -0.1) is 0 Å². The number of nitrogens with one attached hydrogen (secondary N) is 3. The molecule has 0 aromatic rings. The van der Waals surface area contributed by atoms with Crippen molar-refractivity contribution in [2.45, 2.75) is 51.1 Å². The largest absolute Gasteiger partial charge is 0.370 e. The summed E-state index contributed by atoms with van der Waals surface area (Å²) >= 11 is 0. The lowest BCUT2D eigenvalue weighted by Crippen LogP contribution is -2.49. The van der Waals surface area contributed by atoms with Crippen molar-refractivity contribution < 1.29 is 19.2 Å². The summed E-state index contributed by atoms with van der Waals surface area (Å²) in [4.78, 5) is 54.3. The monoisotopic (exact) mass is 427 g/mol. The molecule has 2 unspecified atom stereocenters. The van der Waals surface area contributed by atoms with E-state index < -0.39 is 23.9 Å². The molecule has 0 aliphatic carbocycles. The van der Waals surface area contributed by atoms with Gasteiger partial charge < -0.3 is 43.7 Å². The van der Waals surface area contributed by atoms with E-state index in [-0.39, 0.29) is 24.4 Å². The van der Waals surface area contributed by atoms with E-state index in [1.165, 1.54) is 6.92 Å². The first-order valence-corrected chi connectivity index (χ1v) is 9.56. The molecule has 30 heavy (non-hydrogen) atoms. The summed E-state index contributed by atoms with van der Waals surface area (Å²) in [6.07, 6.45) is 3.02. The summed E-state index contributed by atoms with van der Waals surface area (Å²) in [7, 11) is 0. The first-order chi connectivity index (χ1) is 14.1. The third-order valence-corrected chi connectivity index (χ3v) is 3.79. The molecule has 0 aromatic carbocycles. The molecular weight excluding hydrogens is 394 g/mol. The summed E-state index contributed by atoms with van der Waals surface area (Å²) < 4.78 is 0. The van der Waals surface area contributed by atoms with Gasteiger partial charge in [0.15, 0.2) is 11.9 Å². The van der Waals surface area contributed by atoms with E-state index in [0.29, 0.717) is 51.5 Å². The third kappa shape index (κ3) is 14.6. The second-order valence-electron chi connectivity index (χ2n) is 6.53. The maximum absolute atomic E-state index is 12.3. The molecule has 170 valence electrons. The van der Waals surface area contributed by atoms with Crippen molar-refractivity contribution in [3.8, 4) is 0 Å². The van der Waals surface area contributed by atoms with Gasteiger partial charge in [-0.25, -0.2) is 0 Å². The van der Waals surface area contributed by atoms with Crippen LogP contribution in [0.1, 0.15) is 39.0 Å². The molecule has 0 saturated heterocycles. The number of guanidine groups is 2. The van der Waals surface area contributed by atoms with Crippen LogP contribution < -0.4 is 38.9 Å². The number of rotatable bonds is 15. The summed E-state index contributed by atoms with van der Waals surface area (Å²) in [6.45, 7) is 1.71. The summed E-state index contributed by atoms with van der Waals surface area (Å²) in [6, 6.07) is -1.51. The summed E-state index contributed by atoms with van der Waals surface area (Å²) in [5.41, 5.74) is 20.9. The number of hydrogen-bond donors (Lipinski definition) is 7. The second-order valence-corrected chi connectivity index (χ2v) is 6.53. The van der Waals surface area contributed by atoms with Crippen molar-refractivity contribution in [3.63, 3.8) is 0 Å². The highest BCUT2D eigenvalue weighted by Crippen LogP contribution is 2.02. The molecule has 0 rings (SSSR count). The van der Waals surface area contributed by atoms with E-state index in [0.717, 1.165) is 0 Å². The van der Waals surface area contributed by atoms with Gasteiger partial charge in [0.05, 0.1) is 12.6 Å². The molecule has 0 saturated carbocycles. The Balaban J connectivity index is 4.43. The zero-order valence-corrected chi connectivity index (χ0v) is 17.2. The Kier molecular flexibility index (Phi) is 13.8. The lowest BCUT2D eigenvalue weighted by molar-refractivity contribution is -0.130. The number of hydrogen-bond acceptors (Lipinski definition) is 6. The molecule has 0 aliphatic heterocycles. The zero-order valence-electron chi connectivity index (χ0n) is 17.2. The first-order valence-electron chi connectivity index (χ1n) is 9.56. The fraction of sp³-hybridized carbons (Fsp3) is 0.647. The molecule has 0 fully saturated rings. The van der Waals surface area contributed by atoms with E-state index in [9.17, 15) is 19.2 Å². The Hall–Kier alpha value is -3.38. The molecule has 0 heterocycles. The van der Waals surface area contributed by atoms with E-state index in [2.05, 4.69) is 25.9 Å². The van der Waals surface area contributed by atoms with Gasteiger partial charge in [0.2, 0.25) is 17.7 Å². The van der Waals surface area contributed by atoms with Crippen molar-refractivity contribution in [1.29, 1.82) is 0 Å². The van der Waals surface area contributed by atoms with Crippen molar-refractivity contribution in [2.24, 2.45) is 32.9 Å². The van der Waals surface area contributed by atoms with Crippen LogP contribution in [0.2, 0.25) is 0 Å². The fourth-order valence-electron chi connectivity index (χ4n) is 2.42. The Morgan fingerprint density at radius 2 is 1.50 bits per heavy atom. The average molecular weight is 428 g/mol. The van der Waals surface area contributed by atoms with Crippen LogP contribution in [-0.2, 0) is 19.2 Å². The zero-order chi connectivity index (χ0) is 22.9. The lowest BCUT2D eigenvalue weighted by atomic mass is 10.1. The minimum absolute atomic E-state index is 0.0120. The molecule has 0 spiro atoms. The third-order valence-electron chi connectivity index (χ3n) is 3.79. The maximum Gasteiger partial charge on any atom is 0.243 e. The molecule has 2 atom stereocenters. The number of nitrogens with zero attached hydrogens (tertiary/aromatic N) is 2. The normalized spacial score (nSPS) is 12.0. The minimum Gasteiger partial charge on any atom is -0.370 e. The summed E-state index contributed by atoms with van der Waals surface area (Å²) in [5, 5.41) is 7.50. The van der Waals surface area contributed by atoms with Gasteiger partial charge in [-0.05, 0) is 32.1 Å². The Morgan fingerprint density at radius 1 is 0.900 bits per heavy atom. The predicted molar refractivity (Wildman–Crippen MR) is 113 cm³/mol. The molecule has 3 amide bonds. The predicted octanol–water partition coefficient (Wildman–Crippen LogP) is -3.21. The van der Waals surface area contributed by atoms with Gasteiger partial charge in [0, 0.05) is 20.0 Å². The number of carbonyl (C=O) groups excluding carboxylic acids is 4. The number of amides is 3. The minimum atomic E-state index is -0.795. The molecule has 0 bridgehead atoms. The Labute approximate surface area is 175 Å². The Morgan fingerprint density at radius 3 is 2.03 bits per heavy atom. The number of nitrogens with two attached hydrogens (primary N) is 4. The summed E-state index contributed by atoms with van der Waals surface area (Å²) in [5.74, 6) is -1.46. The van der Waals surface area contributed by atoms with E-state index in [4.69, 9.17) is 22.9 Å². The van der Waals surface area contributed by atoms with Crippen LogP contribution >= 0.6 is 0 Å². The number of carbonyl (C=O) groups is 4. The van der Waals surface area contributed by atoms with Gasteiger partial charge in [-0.1, -0.05) is 0 Å². The van der Waals surface area contributed by atoms with Crippen molar-refractivity contribution in [3.05, 3.63) is 0 Å². The SMILES string of the molecule is CC(=O)NC(CCCCN=C(N)N)C(=O)NCC(=O)NC(C=O)CCCN=C(N)N. The van der Waals surface area contributed by atoms with Crippen molar-refractivity contribution in [2.75, 3.05) is 19.6 Å². The topological polar surface area (TPSA) is 233 Å². The van der Waals surface area contributed by atoms with Crippen LogP contribution in [0.25, 0.3) is 0 Å². The molecule has 0 aromatic heterocycles. The van der Waals surface area contributed by atoms with Crippen LogP contribution in [0.5, 0.6) is 0 Å². The van der Waals surface area contributed by atoms with Crippen LogP contribution in [0.15, 0.2) is 9.98 Å². The highest BCUT2D eigenvalue weighted by atomic mass is 16.2. The molecule has 0 radical (unpaired) electrons. The first kappa shape index (κ1) is 26.6. The van der Waals surface area contributed by atoms with Crippen LogP contribution in [0.3, 0.4) is 0 Å². The smallest absolute Gasteiger partial charge is 0.243 e. The molecule has 11 N–H and O–H groups in total. The molecule has 13 nitrogen and oxygen atoms in total. The van der Waals surface area contributed by atoms with Gasteiger partial charge in [0.25, 0.3) is 0 Å². The number of aldehydes is 1. The highest BCUT2D eigenvalue weighted by Gasteiger charge is 2.20. The van der Waals surface area contributed by atoms with E-state index >= 15 is 0 Å². The van der Waals surface area contributed by atoms with Gasteiger partial charge >= 0.3 is 0 Å². The standard InChI is InChI=1S/C17H33N9O4/c1-11(28)25-13(6-2-3-7-22-16(18)19)15(30)24-9-14(29)26-12(10-27)5-4-8-23-17(20)21/h10,12-13H,2-9H2,1H3,(H,24,30)(H,25,28)(H,26,29)(H4,18,19,22)(H4,20,21,23). The van der Waals surface area contributed by atoms with Crippen LogP contribution in [0.4, 0.5) is 0 Å². The van der Waals surface area contributed by atoms with E-state index in [1.54, 1.807) is 0 Å². The maximum atomic E-state index is 12.3. The van der Waals surface area contributed by atoms with Crippen molar-refractivity contribution in [1.82, 2.24) is 16.0 Å². The van der Waals surface area contributed by atoms with Gasteiger partial charge in [0.1, 0.15) is 12.3 Å². The Bertz CT molecular complexity index is 629. The number of aliphatic imine (C=N–C) groups is 2. The average Bonchev–Trinajstić information content (AvgIpc) is 2.66. The van der Waals surface area contributed by atoms with Gasteiger partial charge in [-0.3, -0.25) is 24.4 Å². The van der Waals surface area contributed by atoms with Crippen LogP contribution in [0, 0.1) is 0 Å². The van der Waals surface area contributed by atoms with Crippen LogP contribution in [-0.4, -0.2) is 67.6 Å². The number of unbranched alkanes of at least 4 members (excludes halogenated alkanes) is 1.